The molecule has 0 fully saturated rings. The summed E-state index contributed by atoms with van der Waals surface area (Å²) in [6.45, 7) is 0.334. The van der Waals surface area contributed by atoms with E-state index in [1.165, 1.54) is 17.3 Å². The summed E-state index contributed by atoms with van der Waals surface area (Å²) in [4.78, 5) is 0.642. The van der Waals surface area contributed by atoms with Crippen molar-refractivity contribution in [3.63, 3.8) is 0 Å². The molecule has 94 valence electrons. The van der Waals surface area contributed by atoms with Crippen LogP contribution in [0.1, 0.15) is 11.1 Å². The highest BCUT2D eigenvalue weighted by Crippen LogP contribution is 2.31. The third-order valence-electron chi connectivity index (χ3n) is 2.58. The normalized spacial score (nSPS) is 10.6. The van der Waals surface area contributed by atoms with E-state index in [4.69, 9.17) is 5.73 Å². The van der Waals surface area contributed by atoms with Crippen LogP contribution in [0.25, 0.3) is 0 Å². The number of nitrogens with two attached hydrogens (primary N) is 1. The highest BCUT2D eigenvalue weighted by Gasteiger charge is 2.10. The van der Waals surface area contributed by atoms with Gasteiger partial charge in [-0.05, 0) is 33.1 Å². The molecule has 0 unspecified atom stereocenters. The SMILES string of the molecule is NCc1ccc(SCc2ccccc2)c(F)c1Br. The monoisotopic (exact) mass is 325 g/mol. The van der Waals surface area contributed by atoms with Crippen molar-refractivity contribution < 1.29 is 4.39 Å². The van der Waals surface area contributed by atoms with Gasteiger partial charge in [-0.25, -0.2) is 4.39 Å². The van der Waals surface area contributed by atoms with E-state index in [9.17, 15) is 4.39 Å². The van der Waals surface area contributed by atoms with Gasteiger partial charge >= 0.3 is 0 Å². The van der Waals surface area contributed by atoms with Crippen LogP contribution >= 0.6 is 27.7 Å². The van der Waals surface area contributed by atoms with Gasteiger partial charge in [0.15, 0.2) is 5.82 Å². The summed E-state index contributed by atoms with van der Waals surface area (Å²) in [6.07, 6.45) is 0. The molecule has 0 amide bonds. The van der Waals surface area contributed by atoms with Gasteiger partial charge in [-0.15, -0.1) is 11.8 Å². The first-order chi connectivity index (χ1) is 8.72. The Kier molecular flexibility index (Phi) is 4.80. The fourth-order valence-electron chi connectivity index (χ4n) is 1.58. The van der Waals surface area contributed by atoms with E-state index in [1.54, 1.807) is 6.07 Å². The van der Waals surface area contributed by atoms with Gasteiger partial charge < -0.3 is 5.73 Å². The summed E-state index contributed by atoms with van der Waals surface area (Å²) in [5.74, 6) is 0.533. The van der Waals surface area contributed by atoms with E-state index in [0.717, 1.165) is 11.3 Å². The summed E-state index contributed by atoms with van der Waals surface area (Å²) in [5.41, 5.74) is 7.50. The highest BCUT2D eigenvalue weighted by molar-refractivity contribution is 9.10. The zero-order valence-corrected chi connectivity index (χ0v) is 12.1. The summed E-state index contributed by atoms with van der Waals surface area (Å²) in [5, 5.41) is 0. The van der Waals surface area contributed by atoms with E-state index in [1.807, 2.05) is 36.4 Å². The van der Waals surface area contributed by atoms with Gasteiger partial charge in [-0.1, -0.05) is 36.4 Å². The number of hydrogen-bond acceptors (Lipinski definition) is 2. The summed E-state index contributed by atoms with van der Waals surface area (Å²) >= 11 is 4.74. The van der Waals surface area contributed by atoms with Crippen molar-refractivity contribution in [2.24, 2.45) is 5.73 Å². The second-order valence-electron chi connectivity index (χ2n) is 3.83. The maximum Gasteiger partial charge on any atom is 0.151 e. The Hall–Kier alpha value is -0.840. The highest BCUT2D eigenvalue weighted by atomic mass is 79.9. The predicted molar refractivity (Wildman–Crippen MR) is 78.0 cm³/mol. The molecule has 0 aliphatic carbocycles. The summed E-state index contributed by atoms with van der Waals surface area (Å²) < 4.78 is 14.5. The van der Waals surface area contributed by atoms with E-state index in [2.05, 4.69) is 15.9 Å². The van der Waals surface area contributed by atoms with Crippen LogP contribution in [-0.2, 0) is 12.3 Å². The van der Waals surface area contributed by atoms with Crippen molar-refractivity contribution >= 4 is 27.7 Å². The Morgan fingerprint density at radius 1 is 1.11 bits per heavy atom. The van der Waals surface area contributed by atoms with Gasteiger partial charge in [0.05, 0.1) is 4.47 Å². The molecule has 2 N–H and O–H groups in total. The van der Waals surface area contributed by atoms with E-state index < -0.39 is 0 Å². The minimum atomic E-state index is -0.223. The lowest BCUT2D eigenvalue weighted by Crippen LogP contribution is -1.99. The van der Waals surface area contributed by atoms with Crippen molar-refractivity contribution in [1.82, 2.24) is 0 Å². The van der Waals surface area contributed by atoms with Crippen molar-refractivity contribution in [3.8, 4) is 0 Å². The fourth-order valence-corrected chi connectivity index (χ4v) is 3.12. The van der Waals surface area contributed by atoms with Crippen LogP contribution in [0.3, 0.4) is 0 Å². The molecule has 1 nitrogen and oxygen atoms in total. The van der Waals surface area contributed by atoms with Crippen LogP contribution in [0.5, 0.6) is 0 Å². The van der Waals surface area contributed by atoms with Gasteiger partial charge in [0.2, 0.25) is 0 Å². The molecule has 18 heavy (non-hydrogen) atoms. The van der Waals surface area contributed by atoms with Gasteiger partial charge in [-0.2, -0.15) is 0 Å². The Morgan fingerprint density at radius 3 is 2.50 bits per heavy atom. The first-order valence-electron chi connectivity index (χ1n) is 5.56. The molecule has 0 heterocycles. The Labute approximate surface area is 119 Å². The first kappa shape index (κ1) is 13.6. The number of rotatable bonds is 4. The molecule has 4 heteroatoms. The lowest BCUT2D eigenvalue weighted by molar-refractivity contribution is 0.592. The lowest BCUT2D eigenvalue weighted by Gasteiger charge is -2.08. The fraction of sp³-hybridized carbons (Fsp3) is 0.143. The Balaban J connectivity index is 2.13. The topological polar surface area (TPSA) is 26.0 Å². The predicted octanol–water partition coefficient (Wildman–Crippen LogP) is 4.34. The largest absolute Gasteiger partial charge is 0.326 e. The van der Waals surface area contributed by atoms with Crippen LogP contribution in [0.2, 0.25) is 0 Å². The molecule has 2 aromatic rings. The quantitative estimate of drug-likeness (QED) is 0.846. The maximum absolute atomic E-state index is 14.0. The molecule has 2 rings (SSSR count). The molecular formula is C14H13BrFNS. The molecule has 0 saturated heterocycles. The third kappa shape index (κ3) is 3.13. The Morgan fingerprint density at radius 2 is 1.83 bits per heavy atom. The average molecular weight is 326 g/mol. The van der Waals surface area contributed by atoms with Crippen LogP contribution < -0.4 is 5.73 Å². The molecule has 0 aliphatic heterocycles. The molecule has 0 radical (unpaired) electrons. The minimum Gasteiger partial charge on any atom is -0.326 e. The number of thioether (sulfide) groups is 1. The standard InChI is InChI=1S/C14H13BrFNS/c15-13-11(8-17)6-7-12(14(13)16)18-9-10-4-2-1-3-5-10/h1-7H,8-9,17H2. The molecule has 0 aromatic heterocycles. The molecule has 0 atom stereocenters. The van der Waals surface area contributed by atoms with Crippen molar-refractivity contribution in [1.29, 1.82) is 0 Å². The smallest absolute Gasteiger partial charge is 0.151 e. The van der Waals surface area contributed by atoms with Crippen LogP contribution in [0.4, 0.5) is 4.39 Å². The molecule has 0 saturated carbocycles. The maximum atomic E-state index is 14.0. The van der Waals surface area contributed by atoms with Crippen molar-refractivity contribution in [2.75, 3.05) is 0 Å². The van der Waals surface area contributed by atoms with Crippen LogP contribution in [0.15, 0.2) is 51.8 Å². The number of hydrogen-bond donors (Lipinski definition) is 1. The Bertz CT molecular complexity index is 531. The molecule has 0 spiro atoms. The van der Waals surface area contributed by atoms with Crippen LogP contribution in [-0.4, -0.2) is 0 Å². The molecular weight excluding hydrogens is 313 g/mol. The van der Waals surface area contributed by atoms with Crippen LogP contribution in [0, 0.1) is 5.82 Å². The van der Waals surface area contributed by atoms with E-state index in [-0.39, 0.29) is 5.82 Å². The minimum absolute atomic E-state index is 0.223. The molecule has 2 aromatic carbocycles. The van der Waals surface area contributed by atoms with E-state index in [0.29, 0.717) is 15.9 Å². The molecule has 0 aliphatic rings. The zero-order valence-electron chi connectivity index (χ0n) is 9.70. The van der Waals surface area contributed by atoms with E-state index >= 15 is 0 Å². The van der Waals surface area contributed by atoms with Gasteiger partial charge in [-0.3, -0.25) is 0 Å². The number of benzene rings is 2. The van der Waals surface area contributed by atoms with Gasteiger partial charge in [0.1, 0.15) is 0 Å². The van der Waals surface area contributed by atoms with Crippen molar-refractivity contribution in [3.05, 3.63) is 63.9 Å². The second-order valence-corrected chi connectivity index (χ2v) is 5.64. The van der Waals surface area contributed by atoms with Gasteiger partial charge in [0.25, 0.3) is 0 Å². The average Bonchev–Trinajstić information content (AvgIpc) is 2.42. The summed E-state index contributed by atoms with van der Waals surface area (Å²) in [7, 11) is 0. The third-order valence-corrected chi connectivity index (χ3v) is 4.55. The van der Waals surface area contributed by atoms with Crippen molar-refractivity contribution in [2.45, 2.75) is 17.2 Å². The summed E-state index contributed by atoms with van der Waals surface area (Å²) in [6, 6.07) is 13.7. The zero-order chi connectivity index (χ0) is 13.0. The van der Waals surface area contributed by atoms with Gasteiger partial charge in [0, 0.05) is 17.2 Å². The second kappa shape index (κ2) is 6.36. The lowest BCUT2D eigenvalue weighted by atomic mass is 10.2. The first-order valence-corrected chi connectivity index (χ1v) is 7.34. The molecule has 0 bridgehead atoms. The number of halogens is 2.